The van der Waals surface area contributed by atoms with Crippen molar-refractivity contribution in [3.63, 3.8) is 0 Å². The molecule has 0 aliphatic rings. The minimum Gasteiger partial charge on any atom is -0.328 e. The number of urea groups is 1. The molecule has 0 aliphatic carbocycles. The summed E-state index contributed by atoms with van der Waals surface area (Å²) in [5.74, 6) is 0.825. The first-order valence-corrected chi connectivity index (χ1v) is 7.90. The summed E-state index contributed by atoms with van der Waals surface area (Å²) in [6.45, 7) is 1.76. The van der Waals surface area contributed by atoms with Gasteiger partial charge in [-0.2, -0.15) is 15.0 Å². The first-order chi connectivity index (χ1) is 12.6. The van der Waals surface area contributed by atoms with E-state index in [1.807, 2.05) is 6.07 Å². The summed E-state index contributed by atoms with van der Waals surface area (Å²) >= 11 is 5.88. The van der Waals surface area contributed by atoms with Gasteiger partial charge in [0.2, 0.25) is 0 Å². The number of benzene rings is 1. The molecule has 1 aromatic carbocycles. The monoisotopic (exact) mass is 368 g/mol. The third kappa shape index (κ3) is 3.76. The van der Waals surface area contributed by atoms with Crippen LogP contribution in [-0.4, -0.2) is 30.8 Å². The number of carbonyl (C=O) groups is 1. The molecule has 0 fully saturated rings. The molecule has 0 aliphatic heterocycles. The number of hydrogen-bond acceptors (Lipinski definition) is 6. The summed E-state index contributed by atoms with van der Waals surface area (Å²) in [4.78, 5) is 24.6. The van der Waals surface area contributed by atoms with Crippen molar-refractivity contribution in [2.75, 3.05) is 5.32 Å². The lowest BCUT2D eigenvalue weighted by molar-refractivity contribution is 0.248. The Morgan fingerprint density at radius 1 is 1.31 bits per heavy atom. The highest BCUT2D eigenvalue weighted by Gasteiger charge is 2.18. The standard InChI is InChI=1S/C16H13ClN8O/c1-10(14-21-9-22-25(14)15-19-5-2-6-20-15)23-16(26)24-12-3-4-13(17)11(7-12)8-18/h2-7,9-10H,1H3,(H2,23,24,26). The summed E-state index contributed by atoms with van der Waals surface area (Å²) < 4.78 is 1.45. The van der Waals surface area contributed by atoms with E-state index in [9.17, 15) is 4.79 Å². The molecule has 3 aromatic rings. The number of aromatic nitrogens is 5. The molecule has 0 bridgehead atoms. The zero-order valence-electron chi connectivity index (χ0n) is 13.6. The van der Waals surface area contributed by atoms with Gasteiger partial charge in [-0.05, 0) is 31.2 Å². The molecule has 2 heterocycles. The van der Waals surface area contributed by atoms with Crippen LogP contribution in [0.4, 0.5) is 10.5 Å². The Balaban J connectivity index is 1.71. The predicted molar refractivity (Wildman–Crippen MR) is 93.7 cm³/mol. The SMILES string of the molecule is CC(NC(=O)Nc1ccc(Cl)c(C#N)c1)c1ncnn1-c1ncccn1. The first kappa shape index (κ1) is 17.3. The van der Waals surface area contributed by atoms with Crippen molar-refractivity contribution in [2.24, 2.45) is 0 Å². The number of nitriles is 1. The van der Waals surface area contributed by atoms with Crippen LogP contribution in [0.3, 0.4) is 0 Å². The smallest absolute Gasteiger partial charge is 0.319 e. The second-order valence-electron chi connectivity index (χ2n) is 5.21. The van der Waals surface area contributed by atoms with E-state index >= 15 is 0 Å². The molecule has 2 aromatic heterocycles. The van der Waals surface area contributed by atoms with E-state index in [0.717, 1.165) is 0 Å². The van der Waals surface area contributed by atoms with Crippen molar-refractivity contribution in [2.45, 2.75) is 13.0 Å². The number of carbonyl (C=O) groups excluding carboxylic acids is 1. The lowest BCUT2D eigenvalue weighted by atomic mass is 10.2. The molecule has 3 rings (SSSR count). The fourth-order valence-electron chi connectivity index (χ4n) is 2.22. The van der Waals surface area contributed by atoms with Crippen molar-refractivity contribution in [1.82, 2.24) is 30.0 Å². The van der Waals surface area contributed by atoms with E-state index in [1.165, 1.54) is 17.1 Å². The third-order valence-electron chi connectivity index (χ3n) is 3.40. The first-order valence-electron chi connectivity index (χ1n) is 7.53. The maximum atomic E-state index is 12.2. The Labute approximate surface area is 153 Å². The quantitative estimate of drug-likeness (QED) is 0.729. The van der Waals surface area contributed by atoms with Gasteiger partial charge < -0.3 is 10.6 Å². The zero-order chi connectivity index (χ0) is 18.5. The number of amides is 2. The van der Waals surface area contributed by atoms with Crippen LogP contribution >= 0.6 is 11.6 Å². The van der Waals surface area contributed by atoms with E-state index in [-0.39, 0.29) is 5.56 Å². The van der Waals surface area contributed by atoms with Crippen molar-refractivity contribution in [3.05, 3.63) is 59.4 Å². The van der Waals surface area contributed by atoms with Gasteiger partial charge in [0.15, 0.2) is 5.82 Å². The van der Waals surface area contributed by atoms with Crippen LogP contribution in [0.1, 0.15) is 24.4 Å². The maximum Gasteiger partial charge on any atom is 0.319 e. The van der Waals surface area contributed by atoms with Crippen LogP contribution in [0.2, 0.25) is 5.02 Å². The minimum absolute atomic E-state index is 0.276. The average Bonchev–Trinajstić information content (AvgIpc) is 3.14. The fourth-order valence-corrected chi connectivity index (χ4v) is 2.38. The van der Waals surface area contributed by atoms with E-state index < -0.39 is 12.1 Å². The van der Waals surface area contributed by atoms with Gasteiger partial charge >= 0.3 is 6.03 Å². The lowest BCUT2D eigenvalue weighted by Gasteiger charge is -2.14. The van der Waals surface area contributed by atoms with E-state index in [0.29, 0.717) is 22.5 Å². The Morgan fingerprint density at radius 3 is 2.81 bits per heavy atom. The Kier molecular flexibility index (Phi) is 5.05. The Bertz CT molecular complexity index is 966. The van der Waals surface area contributed by atoms with Crippen molar-refractivity contribution in [1.29, 1.82) is 5.26 Å². The summed E-state index contributed by atoms with van der Waals surface area (Å²) in [6.07, 6.45) is 4.54. The molecule has 26 heavy (non-hydrogen) atoms. The van der Waals surface area contributed by atoms with E-state index in [2.05, 4.69) is 30.7 Å². The molecular formula is C16H13ClN8O. The van der Waals surface area contributed by atoms with Gasteiger partial charge in [-0.3, -0.25) is 0 Å². The number of halogens is 1. The van der Waals surface area contributed by atoms with Crippen LogP contribution in [0.25, 0.3) is 5.95 Å². The van der Waals surface area contributed by atoms with Gasteiger partial charge in [-0.25, -0.2) is 19.7 Å². The molecule has 2 N–H and O–H groups in total. The van der Waals surface area contributed by atoms with Crippen molar-refractivity contribution in [3.8, 4) is 12.0 Å². The summed E-state index contributed by atoms with van der Waals surface area (Å²) in [5, 5.41) is 18.8. The van der Waals surface area contributed by atoms with Crippen LogP contribution in [0.5, 0.6) is 0 Å². The number of nitrogens with one attached hydrogen (secondary N) is 2. The maximum absolute atomic E-state index is 12.2. The highest BCUT2D eigenvalue weighted by Crippen LogP contribution is 2.20. The summed E-state index contributed by atoms with van der Waals surface area (Å²) in [7, 11) is 0. The molecule has 1 unspecified atom stereocenters. The predicted octanol–water partition coefficient (Wildman–Crippen LogP) is 2.47. The second kappa shape index (κ2) is 7.58. The van der Waals surface area contributed by atoms with E-state index in [1.54, 1.807) is 37.5 Å². The summed E-state index contributed by atoms with van der Waals surface area (Å²) in [6, 6.07) is 7.36. The van der Waals surface area contributed by atoms with Crippen LogP contribution < -0.4 is 10.6 Å². The normalized spacial score (nSPS) is 11.4. The molecule has 10 heteroatoms. The largest absolute Gasteiger partial charge is 0.328 e. The highest BCUT2D eigenvalue weighted by molar-refractivity contribution is 6.31. The number of rotatable bonds is 4. The Hall–Kier alpha value is -3.51. The average molecular weight is 369 g/mol. The molecule has 0 radical (unpaired) electrons. The molecule has 1 atom stereocenters. The molecular weight excluding hydrogens is 356 g/mol. The molecule has 0 saturated heterocycles. The van der Waals surface area contributed by atoms with Gasteiger partial charge in [0, 0.05) is 18.1 Å². The molecule has 9 nitrogen and oxygen atoms in total. The molecule has 2 amide bonds. The highest BCUT2D eigenvalue weighted by atomic mass is 35.5. The zero-order valence-corrected chi connectivity index (χ0v) is 14.3. The van der Waals surface area contributed by atoms with Gasteiger partial charge in [-0.1, -0.05) is 11.6 Å². The number of anilines is 1. The van der Waals surface area contributed by atoms with Crippen molar-refractivity contribution >= 4 is 23.3 Å². The number of nitrogens with zero attached hydrogens (tertiary/aromatic N) is 6. The third-order valence-corrected chi connectivity index (χ3v) is 3.72. The lowest BCUT2D eigenvalue weighted by Crippen LogP contribution is -2.32. The van der Waals surface area contributed by atoms with Crippen LogP contribution in [0, 0.1) is 11.3 Å². The molecule has 0 saturated carbocycles. The van der Waals surface area contributed by atoms with Gasteiger partial charge in [0.05, 0.1) is 16.6 Å². The van der Waals surface area contributed by atoms with Gasteiger partial charge in [0.1, 0.15) is 12.4 Å². The topological polar surface area (TPSA) is 121 Å². The molecule has 130 valence electrons. The van der Waals surface area contributed by atoms with Gasteiger partial charge in [-0.15, -0.1) is 0 Å². The second-order valence-corrected chi connectivity index (χ2v) is 5.61. The van der Waals surface area contributed by atoms with Gasteiger partial charge in [0.25, 0.3) is 5.95 Å². The van der Waals surface area contributed by atoms with Crippen LogP contribution in [-0.2, 0) is 0 Å². The minimum atomic E-state index is -0.468. The summed E-state index contributed by atoms with van der Waals surface area (Å²) in [5.41, 5.74) is 0.724. The van der Waals surface area contributed by atoms with Crippen molar-refractivity contribution < 1.29 is 4.79 Å². The van der Waals surface area contributed by atoms with Crippen LogP contribution in [0.15, 0.2) is 43.0 Å². The van der Waals surface area contributed by atoms with E-state index in [4.69, 9.17) is 16.9 Å². The number of hydrogen-bond donors (Lipinski definition) is 2. The Morgan fingerprint density at radius 2 is 2.08 bits per heavy atom. The molecule has 0 spiro atoms. The fraction of sp³-hybridized carbons (Fsp3) is 0.125.